The smallest absolute Gasteiger partial charge is 0.322 e. The minimum Gasteiger partial charge on any atom is -0.322 e. The van der Waals surface area contributed by atoms with Crippen molar-refractivity contribution in [2.45, 2.75) is 40.2 Å². The van der Waals surface area contributed by atoms with Gasteiger partial charge in [-0.25, -0.2) is 14.2 Å². The number of aromatic nitrogens is 4. The van der Waals surface area contributed by atoms with Crippen LogP contribution in [0.4, 0.5) is 4.39 Å². The molecule has 0 atom stereocenters. The molecule has 0 saturated heterocycles. The van der Waals surface area contributed by atoms with Crippen LogP contribution in [0.15, 0.2) is 39.9 Å². The molecule has 2 aromatic carbocycles. The van der Waals surface area contributed by atoms with Crippen LogP contribution in [-0.4, -0.2) is 19.5 Å². The van der Waals surface area contributed by atoms with E-state index >= 15 is 0 Å². The zero-order chi connectivity index (χ0) is 20.7. The number of nitrogens with zero attached hydrogens (tertiary/aromatic N) is 3. The molecule has 0 unspecified atom stereocenters. The van der Waals surface area contributed by atoms with Gasteiger partial charge in [-0.1, -0.05) is 6.07 Å². The Kier molecular flexibility index (Phi) is 4.74. The van der Waals surface area contributed by atoms with Crippen LogP contribution >= 0.6 is 0 Å². The minimum atomic E-state index is -0.693. The summed E-state index contributed by atoms with van der Waals surface area (Å²) in [4.78, 5) is 34.8. The van der Waals surface area contributed by atoms with E-state index in [1.807, 2.05) is 43.5 Å². The summed E-state index contributed by atoms with van der Waals surface area (Å²) in [6.07, 6.45) is 1.35. The van der Waals surface area contributed by atoms with E-state index in [1.54, 1.807) is 0 Å². The van der Waals surface area contributed by atoms with Gasteiger partial charge in [0.05, 0.1) is 11.0 Å². The second kappa shape index (κ2) is 7.24. The molecule has 2 aliphatic rings. The maximum Gasteiger partial charge on any atom is 0.349 e. The molecule has 0 aromatic heterocycles. The third-order valence-corrected chi connectivity index (χ3v) is 5.17. The Morgan fingerprint density at radius 1 is 1.00 bits per heavy atom. The van der Waals surface area contributed by atoms with E-state index in [1.165, 1.54) is 12.1 Å². The first kappa shape index (κ1) is 19.0. The topological polar surface area (TPSA) is 80.6 Å². The fourth-order valence-electron chi connectivity index (χ4n) is 3.67. The predicted molar refractivity (Wildman–Crippen MR) is 110 cm³/mol. The number of hydrogen-bond acceptors (Lipinski definition) is 4. The molecule has 0 fully saturated rings. The number of hydrogen-bond donors (Lipinski definition) is 1. The summed E-state index contributed by atoms with van der Waals surface area (Å²) in [6.45, 7) is 6.37. The van der Waals surface area contributed by atoms with Crippen molar-refractivity contribution in [1.29, 1.82) is 0 Å². The molecule has 0 aliphatic carbocycles. The van der Waals surface area contributed by atoms with E-state index in [4.69, 9.17) is 0 Å². The van der Waals surface area contributed by atoms with Crippen molar-refractivity contribution in [2.75, 3.05) is 0 Å². The van der Waals surface area contributed by atoms with Gasteiger partial charge >= 0.3 is 5.69 Å². The highest BCUT2D eigenvalue weighted by Gasteiger charge is 2.19. The average molecular weight is 392 g/mol. The van der Waals surface area contributed by atoms with Gasteiger partial charge in [-0.3, -0.25) is 9.78 Å². The molecule has 148 valence electrons. The van der Waals surface area contributed by atoms with E-state index in [9.17, 15) is 14.0 Å². The summed E-state index contributed by atoms with van der Waals surface area (Å²) in [7, 11) is 0. The second-order valence-corrected chi connectivity index (χ2v) is 7.47. The molecular formula is C22H21FN4O2. The van der Waals surface area contributed by atoms with E-state index in [2.05, 4.69) is 15.0 Å². The Bertz CT molecular complexity index is 1300. The van der Waals surface area contributed by atoms with Crippen molar-refractivity contribution in [3.63, 3.8) is 0 Å². The molecule has 2 heterocycles. The lowest BCUT2D eigenvalue weighted by Crippen LogP contribution is -2.29. The van der Waals surface area contributed by atoms with Crippen LogP contribution in [-0.2, 0) is 13.0 Å². The molecule has 6 nitrogen and oxygen atoms in total. The number of aryl methyl sites for hydroxylation is 5. The summed E-state index contributed by atoms with van der Waals surface area (Å²) in [6, 6.07) is 8.92. The quantitative estimate of drug-likeness (QED) is 0.541. The number of H-pyrrole nitrogens is 1. The molecule has 2 aromatic rings. The van der Waals surface area contributed by atoms with Crippen LogP contribution in [0.25, 0.3) is 22.6 Å². The Labute approximate surface area is 166 Å². The molecule has 0 saturated carbocycles. The summed E-state index contributed by atoms with van der Waals surface area (Å²) in [5.41, 5.74) is 4.33. The molecule has 2 aliphatic heterocycles. The number of rotatable bonds is 4. The Balaban J connectivity index is 1.80. The number of benzene rings is 2. The Morgan fingerprint density at radius 3 is 2.52 bits per heavy atom. The van der Waals surface area contributed by atoms with Gasteiger partial charge in [-0.2, -0.15) is 4.98 Å². The largest absolute Gasteiger partial charge is 0.349 e. The van der Waals surface area contributed by atoms with Crippen molar-refractivity contribution in [3.8, 4) is 11.5 Å². The number of nitrogens with one attached hydrogen (secondary N) is 1. The van der Waals surface area contributed by atoms with Gasteiger partial charge in [0.15, 0.2) is 11.5 Å². The summed E-state index contributed by atoms with van der Waals surface area (Å²) in [5, 5.41) is 0. The summed E-state index contributed by atoms with van der Waals surface area (Å²) < 4.78 is 15.5. The van der Waals surface area contributed by atoms with Crippen molar-refractivity contribution in [1.82, 2.24) is 19.5 Å². The molecule has 4 rings (SSSR count). The summed E-state index contributed by atoms with van der Waals surface area (Å²) in [5.74, 6) is 0.0210. The van der Waals surface area contributed by atoms with Gasteiger partial charge < -0.3 is 4.57 Å². The van der Waals surface area contributed by atoms with Gasteiger partial charge in [0.2, 0.25) is 0 Å². The van der Waals surface area contributed by atoms with E-state index in [0.717, 1.165) is 27.8 Å². The minimum absolute atomic E-state index is 0.141. The standard InChI is InChI=1S/C22H21FN4O2/c1-12-7-15(11-16(23)8-12)5-4-6-27-18-10-14(3)13(2)9-17(18)24-19-20(27)25-22(29)26-21(19)28/h7-11H,4-6H2,1-3H3,(H,26,28,29). The maximum absolute atomic E-state index is 13.7. The van der Waals surface area contributed by atoms with Crippen LogP contribution in [0, 0.1) is 26.6 Å². The zero-order valence-electron chi connectivity index (χ0n) is 16.5. The molecule has 0 amide bonds. The van der Waals surface area contributed by atoms with Crippen molar-refractivity contribution >= 4 is 11.0 Å². The van der Waals surface area contributed by atoms with Gasteiger partial charge in [0.1, 0.15) is 5.82 Å². The van der Waals surface area contributed by atoms with Gasteiger partial charge in [0.25, 0.3) is 5.56 Å². The van der Waals surface area contributed by atoms with Gasteiger partial charge in [-0.05, 0) is 80.1 Å². The van der Waals surface area contributed by atoms with Crippen LogP contribution in [0.2, 0.25) is 0 Å². The first-order chi connectivity index (χ1) is 13.8. The van der Waals surface area contributed by atoms with Crippen molar-refractivity contribution in [3.05, 3.63) is 79.2 Å². The van der Waals surface area contributed by atoms with Crippen LogP contribution < -0.4 is 11.2 Å². The first-order valence-electron chi connectivity index (χ1n) is 9.50. The van der Waals surface area contributed by atoms with Crippen molar-refractivity contribution in [2.24, 2.45) is 0 Å². The molecule has 29 heavy (non-hydrogen) atoms. The molecule has 0 radical (unpaired) electrons. The van der Waals surface area contributed by atoms with E-state index < -0.39 is 11.2 Å². The SMILES string of the molecule is Cc1cc(F)cc(CCCn2c3nc(=O)[nH]c(=O)c-3nc3cc(C)c(C)cc32)c1. The van der Waals surface area contributed by atoms with Gasteiger partial charge in [0, 0.05) is 6.54 Å². The first-order valence-corrected chi connectivity index (χ1v) is 9.50. The monoisotopic (exact) mass is 392 g/mol. The third kappa shape index (κ3) is 3.68. The average Bonchev–Trinajstić information content (AvgIpc) is 2.63. The maximum atomic E-state index is 13.7. The summed E-state index contributed by atoms with van der Waals surface area (Å²) >= 11 is 0. The second-order valence-electron chi connectivity index (χ2n) is 7.47. The van der Waals surface area contributed by atoms with Crippen LogP contribution in [0.5, 0.6) is 0 Å². The fraction of sp³-hybridized carbons (Fsp3) is 0.273. The lowest BCUT2D eigenvalue weighted by atomic mass is 10.1. The van der Waals surface area contributed by atoms with E-state index in [-0.39, 0.29) is 17.3 Å². The zero-order valence-corrected chi connectivity index (χ0v) is 16.5. The highest BCUT2D eigenvalue weighted by Crippen LogP contribution is 2.24. The Hall–Kier alpha value is -3.35. The molecule has 0 spiro atoms. The highest BCUT2D eigenvalue weighted by molar-refractivity contribution is 5.81. The molecular weight excluding hydrogens is 371 g/mol. The number of halogens is 1. The molecule has 1 N–H and O–H groups in total. The fourth-order valence-corrected chi connectivity index (χ4v) is 3.67. The van der Waals surface area contributed by atoms with Crippen molar-refractivity contribution < 1.29 is 4.39 Å². The van der Waals surface area contributed by atoms with Gasteiger partial charge in [-0.15, -0.1) is 0 Å². The normalized spacial score (nSPS) is 11.4. The highest BCUT2D eigenvalue weighted by atomic mass is 19.1. The third-order valence-electron chi connectivity index (χ3n) is 5.17. The lowest BCUT2D eigenvalue weighted by molar-refractivity contribution is 0.617. The lowest BCUT2D eigenvalue weighted by Gasteiger charge is -2.18. The van der Waals surface area contributed by atoms with E-state index in [0.29, 0.717) is 24.9 Å². The Morgan fingerprint density at radius 2 is 1.76 bits per heavy atom. The number of fused-ring (bicyclic) bond motifs is 2. The molecule has 7 heteroatoms. The van der Waals surface area contributed by atoms with Crippen LogP contribution in [0.1, 0.15) is 28.7 Å². The molecule has 0 bridgehead atoms. The van der Waals surface area contributed by atoms with Crippen LogP contribution in [0.3, 0.4) is 0 Å². The number of aromatic amines is 1. The predicted octanol–water partition coefficient (Wildman–Crippen LogP) is 3.28.